The summed E-state index contributed by atoms with van der Waals surface area (Å²) in [6.45, 7) is 2.68. The highest BCUT2D eigenvalue weighted by atomic mass is 14.6. The van der Waals surface area contributed by atoms with Gasteiger partial charge < -0.3 is 5.73 Å². The van der Waals surface area contributed by atoms with E-state index < -0.39 is 0 Å². The number of pyridine rings is 1. The van der Waals surface area contributed by atoms with Gasteiger partial charge in [-0.2, -0.15) is 0 Å². The van der Waals surface area contributed by atoms with Gasteiger partial charge in [0.05, 0.1) is 0 Å². The molecule has 1 heterocycles. The average molecular weight is 200 g/mol. The Morgan fingerprint density at radius 3 is 1.93 bits per heavy atom. The van der Waals surface area contributed by atoms with Crippen molar-refractivity contribution in [1.29, 1.82) is 0 Å². The van der Waals surface area contributed by atoms with E-state index in [4.69, 9.17) is 5.73 Å². The van der Waals surface area contributed by atoms with Crippen LogP contribution in [0.1, 0.15) is 11.1 Å². The van der Waals surface area contributed by atoms with Crippen molar-refractivity contribution in [2.24, 2.45) is 5.73 Å². The quantitative estimate of drug-likeness (QED) is 0.768. The molecule has 0 fully saturated rings. The predicted octanol–water partition coefficient (Wildman–Crippen LogP) is 2.54. The fourth-order valence-electron chi connectivity index (χ4n) is 1.05. The molecule has 2 rings (SSSR count). The SMILES string of the molecule is Cc1ccccc1.NCc1ccncc1. The van der Waals surface area contributed by atoms with Crippen molar-refractivity contribution in [1.82, 2.24) is 4.98 Å². The van der Waals surface area contributed by atoms with Gasteiger partial charge in [-0.25, -0.2) is 0 Å². The van der Waals surface area contributed by atoms with Crippen molar-refractivity contribution in [3.63, 3.8) is 0 Å². The average Bonchev–Trinajstić information content (AvgIpc) is 2.32. The van der Waals surface area contributed by atoms with Crippen molar-refractivity contribution in [3.05, 3.63) is 66.0 Å². The number of aromatic nitrogens is 1. The van der Waals surface area contributed by atoms with E-state index in [2.05, 4.69) is 24.0 Å². The summed E-state index contributed by atoms with van der Waals surface area (Å²) < 4.78 is 0. The predicted molar refractivity (Wildman–Crippen MR) is 63.3 cm³/mol. The Morgan fingerprint density at radius 2 is 1.60 bits per heavy atom. The van der Waals surface area contributed by atoms with Gasteiger partial charge in [-0.3, -0.25) is 4.98 Å². The molecule has 0 saturated heterocycles. The van der Waals surface area contributed by atoms with Crippen molar-refractivity contribution in [2.45, 2.75) is 13.5 Å². The van der Waals surface area contributed by atoms with Gasteiger partial charge in [0.15, 0.2) is 0 Å². The van der Waals surface area contributed by atoms with Gasteiger partial charge in [0.25, 0.3) is 0 Å². The largest absolute Gasteiger partial charge is 0.326 e. The third-order valence-electron chi connectivity index (χ3n) is 1.93. The summed E-state index contributed by atoms with van der Waals surface area (Å²) in [7, 11) is 0. The number of hydrogen-bond acceptors (Lipinski definition) is 2. The maximum atomic E-state index is 5.32. The zero-order valence-electron chi connectivity index (χ0n) is 8.93. The zero-order valence-corrected chi connectivity index (χ0v) is 8.93. The fourth-order valence-corrected chi connectivity index (χ4v) is 1.05. The first-order chi connectivity index (χ1) is 7.33. The summed E-state index contributed by atoms with van der Waals surface area (Å²) >= 11 is 0. The second-order valence-corrected chi connectivity index (χ2v) is 3.21. The third kappa shape index (κ3) is 4.93. The van der Waals surface area contributed by atoms with Crippen LogP contribution in [0.25, 0.3) is 0 Å². The van der Waals surface area contributed by atoms with Gasteiger partial charge >= 0.3 is 0 Å². The van der Waals surface area contributed by atoms with Crippen molar-refractivity contribution in [2.75, 3.05) is 0 Å². The van der Waals surface area contributed by atoms with Crippen molar-refractivity contribution in [3.8, 4) is 0 Å². The van der Waals surface area contributed by atoms with Gasteiger partial charge in [0, 0.05) is 18.9 Å². The summed E-state index contributed by atoms with van der Waals surface area (Å²) in [6, 6.07) is 14.1. The molecule has 0 spiro atoms. The fraction of sp³-hybridized carbons (Fsp3) is 0.154. The lowest BCUT2D eigenvalue weighted by molar-refractivity contribution is 1.06. The minimum absolute atomic E-state index is 0.600. The smallest absolute Gasteiger partial charge is 0.0271 e. The highest BCUT2D eigenvalue weighted by Crippen LogP contribution is 1.92. The number of hydrogen-bond donors (Lipinski definition) is 1. The van der Waals surface area contributed by atoms with Crippen LogP contribution in [0.3, 0.4) is 0 Å². The summed E-state index contributed by atoms with van der Waals surface area (Å²) in [5, 5.41) is 0. The molecule has 0 bridgehead atoms. The molecule has 0 amide bonds. The van der Waals surface area contributed by atoms with Crippen molar-refractivity contribution >= 4 is 0 Å². The van der Waals surface area contributed by atoms with E-state index in [1.165, 1.54) is 5.56 Å². The van der Waals surface area contributed by atoms with E-state index in [0.29, 0.717) is 6.54 Å². The van der Waals surface area contributed by atoms with Gasteiger partial charge in [0.2, 0.25) is 0 Å². The minimum atomic E-state index is 0.600. The Balaban J connectivity index is 0.000000151. The molecule has 0 aliphatic carbocycles. The normalized spacial score (nSPS) is 8.93. The summed E-state index contributed by atoms with van der Waals surface area (Å²) in [5.41, 5.74) is 7.77. The van der Waals surface area contributed by atoms with E-state index in [1.54, 1.807) is 12.4 Å². The Morgan fingerprint density at radius 1 is 1.00 bits per heavy atom. The molecule has 2 N–H and O–H groups in total. The molecular formula is C13H16N2. The topological polar surface area (TPSA) is 38.9 Å². The van der Waals surface area contributed by atoms with Crippen LogP contribution in [-0.2, 0) is 6.54 Å². The second-order valence-electron chi connectivity index (χ2n) is 3.21. The number of benzene rings is 1. The van der Waals surface area contributed by atoms with Gasteiger partial charge in [0.1, 0.15) is 0 Å². The van der Waals surface area contributed by atoms with Crippen molar-refractivity contribution < 1.29 is 0 Å². The number of nitrogens with zero attached hydrogens (tertiary/aromatic N) is 1. The van der Waals surface area contributed by atoms with Gasteiger partial charge in [-0.15, -0.1) is 0 Å². The standard InChI is InChI=1S/C7H8.C6H8N2/c1-7-5-3-2-4-6-7;7-5-6-1-3-8-4-2-6/h2-6H,1H3;1-4H,5,7H2. The zero-order chi connectivity index (χ0) is 10.9. The highest BCUT2D eigenvalue weighted by Gasteiger charge is 1.80. The second kappa shape index (κ2) is 6.74. The van der Waals surface area contributed by atoms with Crippen LogP contribution in [-0.4, -0.2) is 4.98 Å². The Labute approximate surface area is 90.8 Å². The highest BCUT2D eigenvalue weighted by molar-refractivity contribution is 5.11. The number of nitrogens with two attached hydrogens (primary N) is 1. The maximum absolute atomic E-state index is 5.32. The summed E-state index contributed by atoms with van der Waals surface area (Å²) in [4.78, 5) is 3.84. The lowest BCUT2D eigenvalue weighted by Crippen LogP contribution is -1.94. The van der Waals surface area contributed by atoms with Crippen LogP contribution in [0.2, 0.25) is 0 Å². The molecular weight excluding hydrogens is 184 g/mol. The third-order valence-corrected chi connectivity index (χ3v) is 1.93. The molecule has 0 radical (unpaired) electrons. The molecule has 15 heavy (non-hydrogen) atoms. The molecule has 2 heteroatoms. The van der Waals surface area contributed by atoms with Crippen LogP contribution >= 0.6 is 0 Å². The maximum Gasteiger partial charge on any atom is 0.0271 e. The molecule has 2 nitrogen and oxygen atoms in total. The van der Waals surface area contributed by atoms with E-state index in [-0.39, 0.29) is 0 Å². The van der Waals surface area contributed by atoms with Crippen LogP contribution in [0.4, 0.5) is 0 Å². The molecule has 0 aliphatic heterocycles. The molecule has 0 unspecified atom stereocenters. The lowest BCUT2D eigenvalue weighted by atomic mass is 10.2. The molecule has 0 aliphatic rings. The minimum Gasteiger partial charge on any atom is -0.326 e. The lowest BCUT2D eigenvalue weighted by Gasteiger charge is -1.89. The van der Waals surface area contributed by atoms with E-state index in [9.17, 15) is 0 Å². The number of aryl methyl sites for hydroxylation is 1. The van der Waals surface area contributed by atoms with Crippen LogP contribution in [0.5, 0.6) is 0 Å². The van der Waals surface area contributed by atoms with Crippen LogP contribution < -0.4 is 5.73 Å². The van der Waals surface area contributed by atoms with Crippen LogP contribution in [0.15, 0.2) is 54.9 Å². The molecule has 0 atom stereocenters. The van der Waals surface area contributed by atoms with E-state index in [0.717, 1.165) is 5.56 Å². The molecule has 0 saturated carbocycles. The van der Waals surface area contributed by atoms with E-state index >= 15 is 0 Å². The van der Waals surface area contributed by atoms with E-state index in [1.807, 2.05) is 30.3 Å². The number of rotatable bonds is 1. The monoisotopic (exact) mass is 200 g/mol. The molecule has 2 aromatic rings. The summed E-state index contributed by atoms with van der Waals surface area (Å²) in [5.74, 6) is 0. The van der Waals surface area contributed by atoms with Crippen LogP contribution in [0, 0.1) is 6.92 Å². The Bertz CT molecular complexity index is 357. The Hall–Kier alpha value is -1.67. The first kappa shape index (κ1) is 11.4. The Kier molecular flexibility index (Phi) is 5.12. The molecule has 1 aromatic carbocycles. The first-order valence-corrected chi connectivity index (χ1v) is 4.93. The molecule has 1 aromatic heterocycles. The first-order valence-electron chi connectivity index (χ1n) is 4.93. The molecule has 78 valence electrons. The summed E-state index contributed by atoms with van der Waals surface area (Å²) in [6.07, 6.45) is 3.48. The van der Waals surface area contributed by atoms with Gasteiger partial charge in [-0.1, -0.05) is 35.9 Å². The van der Waals surface area contributed by atoms with Gasteiger partial charge in [-0.05, 0) is 24.6 Å².